The van der Waals surface area contributed by atoms with E-state index in [1.807, 2.05) is 24.4 Å². The minimum Gasteiger partial charge on any atom is -0.508 e. The number of nitrogens with zero attached hydrogens (tertiary/aromatic N) is 5. The number of fused-ring (bicyclic) bond motifs is 6. The number of pyridine rings is 1. The number of methoxy groups -OCH3 is 2. The third-order valence-electron chi connectivity index (χ3n) is 13.1. The molecule has 18 nitrogen and oxygen atoms in total. The summed E-state index contributed by atoms with van der Waals surface area (Å²) in [5, 5.41) is 19.3. The Morgan fingerprint density at radius 1 is 1.04 bits per heavy atom. The highest BCUT2D eigenvalue weighted by molar-refractivity contribution is 5.98. The van der Waals surface area contributed by atoms with Crippen LogP contribution in [0.4, 0.5) is 0 Å². The standard InChI is InChI=1S/C50H64N8O10/c1-10-57-39-14-13-30-22-34(39)35(44(57)36-24-51-16-15-31(36)26-66-8)23-50(4,5)27-68-48(64)37-12-11-17-58(54-37)46(62)38(20-29-18-32(30)21-33(59)19-29)52-45(61)43(28(2)3)56(7)40(60)25-55(6)47(63)41-42(53-41)49(65)67-9/h13-16,18-19,21-22,24,28,37-38,41-43,53-54,59H,10-12,17,20,23,25-27H2,1-9H3,(H,52,61)/t37-,38-,41-,42+,43?/m0/s1. The van der Waals surface area contributed by atoms with Crippen molar-refractivity contribution >= 4 is 46.5 Å². The molecule has 18 heteroatoms. The lowest BCUT2D eigenvalue weighted by atomic mass is 9.84. The van der Waals surface area contributed by atoms with Gasteiger partial charge in [0.15, 0.2) is 0 Å². The molecule has 2 fully saturated rings. The fraction of sp³-hybridized carbons (Fsp3) is 0.500. The van der Waals surface area contributed by atoms with Gasteiger partial charge < -0.3 is 39.0 Å². The quantitative estimate of drug-likeness (QED) is 0.118. The Bertz CT molecular complexity index is 2590. The van der Waals surface area contributed by atoms with Crippen LogP contribution in [0.2, 0.25) is 0 Å². The average Bonchev–Trinajstić information content (AvgIpc) is 4.06. The number of carbonyl (C=O) groups excluding carboxylic acids is 6. The number of hydrogen-bond donors (Lipinski definition) is 4. The molecule has 0 saturated carbocycles. The van der Waals surface area contributed by atoms with Crippen LogP contribution in [0.3, 0.4) is 0 Å². The molecule has 0 aliphatic carbocycles. The number of cyclic esters (lactones) is 1. The van der Waals surface area contributed by atoms with Crippen molar-refractivity contribution in [3.05, 3.63) is 71.5 Å². The van der Waals surface area contributed by atoms with Crippen molar-refractivity contribution in [1.29, 1.82) is 0 Å². The molecule has 4 amide bonds. The summed E-state index contributed by atoms with van der Waals surface area (Å²) in [6.07, 6.45) is 4.97. The predicted molar refractivity (Wildman–Crippen MR) is 252 cm³/mol. The number of phenolic OH excluding ortho intramolecular Hbond substituents is 1. The lowest BCUT2D eigenvalue weighted by molar-refractivity contribution is -0.155. The number of carbonyl (C=O) groups is 6. The molecule has 5 atom stereocenters. The van der Waals surface area contributed by atoms with E-state index < -0.39 is 77.1 Å². The number of aromatic hydroxyl groups is 1. The summed E-state index contributed by atoms with van der Waals surface area (Å²) in [5.74, 6) is -3.74. The number of aryl methyl sites for hydroxylation is 1. The van der Waals surface area contributed by atoms with Crippen LogP contribution in [0.5, 0.6) is 5.75 Å². The Morgan fingerprint density at radius 2 is 1.81 bits per heavy atom. The summed E-state index contributed by atoms with van der Waals surface area (Å²) >= 11 is 0. The molecule has 4 N–H and O–H groups in total. The van der Waals surface area contributed by atoms with Crippen LogP contribution in [0.1, 0.15) is 64.2 Å². The first-order valence-electron chi connectivity index (χ1n) is 23.2. The Balaban J connectivity index is 1.26. The number of esters is 2. The summed E-state index contributed by atoms with van der Waals surface area (Å²) in [5.41, 5.74) is 9.49. The van der Waals surface area contributed by atoms with Gasteiger partial charge in [0, 0.05) is 75.0 Å². The molecule has 1 unspecified atom stereocenters. The van der Waals surface area contributed by atoms with Crippen molar-refractivity contribution < 1.29 is 48.1 Å². The maximum atomic E-state index is 14.7. The van der Waals surface area contributed by atoms with E-state index in [0.717, 1.165) is 38.9 Å². The Hall–Kier alpha value is -6.37. The molecule has 3 aliphatic heterocycles. The number of hydrazine groups is 1. The van der Waals surface area contributed by atoms with Gasteiger partial charge in [-0.2, -0.15) is 0 Å². The van der Waals surface area contributed by atoms with E-state index in [1.165, 1.54) is 36.0 Å². The minimum atomic E-state index is -1.22. The topological polar surface area (TPSA) is 224 Å². The number of ether oxygens (including phenoxy) is 3. The molecule has 6 bridgehead atoms. The molecule has 2 saturated heterocycles. The maximum Gasteiger partial charge on any atom is 0.325 e. The van der Waals surface area contributed by atoms with Gasteiger partial charge in [0.2, 0.25) is 17.7 Å². The second kappa shape index (κ2) is 20.5. The lowest BCUT2D eigenvalue weighted by Crippen LogP contribution is -2.62. The van der Waals surface area contributed by atoms with Crippen LogP contribution < -0.4 is 16.1 Å². The smallest absolute Gasteiger partial charge is 0.325 e. The fourth-order valence-electron chi connectivity index (χ4n) is 9.58. The Labute approximate surface area is 396 Å². The highest BCUT2D eigenvalue weighted by atomic mass is 16.5. The third kappa shape index (κ3) is 10.5. The highest BCUT2D eigenvalue weighted by Gasteiger charge is 2.50. The fourth-order valence-corrected chi connectivity index (χ4v) is 9.58. The SMILES string of the molecule is CCn1c(-c2cnccc2COC)c2c3cc(ccc31)-c1cc(O)cc(c1)C[C@H](NC(=O)C(C(C)C)N(C)C(=O)CN(C)C(=O)[C@H]1N[C@H]1C(=O)OC)C(=O)N1CCC[C@H](N1)C(=O)OCC(C)(C)C2. The van der Waals surface area contributed by atoms with Crippen molar-refractivity contribution in [2.24, 2.45) is 11.3 Å². The van der Waals surface area contributed by atoms with Gasteiger partial charge in [0.1, 0.15) is 36.0 Å². The van der Waals surface area contributed by atoms with Crippen molar-refractivity contribution in [2.75, 3.05) is 48.0 Å². The summed E-state index contributed by atoms with van der Waals surface area (Å²) in [6.45, 7) is 10.7. The zero-order valence-corrected chi connectivity index (χ0v) is 40.4. The van der Waals surface area contributed by atoms with Gasteiger partial charge in [0.25, 0.3) is 5.91 Å². The number of amides is 4. The molecule has 68 heavy (non-hydrogen) atoms. The summed E-state index contributed by atoms with van der Waals surface area (Å²) < 4.78 is 18.7. The van der Waals surface area contributed by atoms with Gasteiger partial charge in [-0.15, -0.1) is 0 Å². The maximum absolute atomic E-state index is 14.7. The van der Waals surface area contributed by atoms with Crippen molar-refractivity contribution in [3.63, 3.8) is 0 Å². The number of hydrogen-bond acceptors (Lipinski definition) is 13. The van der Waals surface area contributed by atoms with Crippen LogP contribution in [0, 0.1) is 11.3 Å². The summed E-state index contributed by atoms with van der Waals surface area (Å²) in [4.78, 5) is 88.7. The molecule has 2 aromatic carbocycles. The Kier molecular flexibility index (Phi) is 14.9. The number of benzene rings is 2. The van der Waals surface area contributed by atoms with Gasteiger partial charge in [-0.3, -0.25) is 44.1 Å². The first-order valence-corrected chi connectivity index (χ1v) is 23.2. The van der Waals surface area contributed by atoms with Crippen molar-refractivity contribution in [3.8, 4) is 28.1 Å². The second-order valence-electron chi connectivity index (χ2n) is 19.2. The number of nitrogens with one attached hydrogen (secondary N) is 3. The Morgan fingerprint density at radius 3 is 2.51 bits per heavy atom. The second-order valence-corrected chi connectivity index (χ2v) is 19.2. The normalized spacial score (nSPS) is 20.8. The van der Waals surface area contributed by atoms with E-state index in [4.69, 9.17) is 14.2 Å². The summed E-state index contributed by atoms with van der Waals surface area (Å²) in [7, 11) is 5.78. The molecule has 5 heterocycles. The molecule has 0 radical (unpaired) electrons. The average molecular weight is 937 g/mol. The van der Waals surface area contributed by atoms with Gasteiger partial charge in [0.05, 0.1) is 32.6 Å². The van der Waals surface area contributed by atoms with E-state index >= 15 is 0 Å². The van der Waals surface area contributed by atoms with Gasteiger partial charge in [-0.25, -0.2) is 5.43 Å². The number of aromatic nitrogens is 2. The molecule has 0 spiro atoms. The van der Waals surface area contributed by atoms with E-state index in [-0.39, 0.29) is 31.9 Å². The van der Waals surface area contributed by atoms with Gasteiger partial charge >= 0.3 is 11.9 Å². The van der Waals surface area contributed by atoms with E-state index in [2.05, 4.69) is 58.5 Å². The first-order chi connectivity index (χ1) is 32.4. The lowest BCUT2D eigenvalue weighted by Gasteiger charge is -2.37. The predicted octanol–water partition coefficient (Wildman–Crippen LogP) is 3.35. The van der Waals surface area contributed by atoms with Crippen LogP contribution in [0.15, 0.2) is 54.9 Å². The zero-order valence-electron chi connectivity index (χ0n) is 40.4. The first kappa shape index (κ1) is 49.5. The summed E-state index contributed by atoms with van der Waals surface area (Å²) in [6, 6.07) is 8.46. The molecule has 7 rings (SSSR count). The molecule has 364 valence electrons. The molecule has 2 aromatic heterocycles. The minimum absolute atomic E-state index is 0.0421. The van der Waals surface area contributed by atoms with Gasteiger partial charge in [-0.1, -0.05) is 39.8 Å². The molecular weight excluding hydrogens is 873 g/mol. The highest BCUT2D eigenvalue weighted by Crippen LogP contribution is 2.41. The molecule has 4 aromatic rings. The zero-order chi connectivity index (χ0) is 49.2. The van der Waals surface area contributed by atoms with E-state index in [1.54, 1.807) is 39.3 Å². The van der Waals surface area contributed by atoms with Crippen LogP contribution in [0.25, 0.3) is 33.3 Å². The number of rotatable bonds is 12. The van der Waals surface area contributed by atoms with Crippen molar-refractivity contribution in [2.45, 2.75) is 104 Å². The number of phenols is 1. The van der Waals surface area contributed by atoms with Crippen LogP contribution in [-0.2, 0) is 69.0 Å². The molecular formula is C50H64N8O10. The van der Waals surface area contributed by atoms with E-state index in [0.29, 0.717) is 43.5 Å². The van der Waals surface area contributed by atoms with Crippen LogP contribution >= 0.6 is 0 Å². The van der Waals surface area contributed by atoms with E-state index in [9.17, 15) is 33.9 Å². The van der Waals surface area contributed by atoms with Gasteiger partial charge in [-0.05, 0) is 90.3 Å². The third-order valence-corrected chi connectivity index (χ3v) is 13.1. The monoisotopic (exact) mass is 936 g/mol. The van der Waals surface area contributed by atoms with Crippen LogP contribution in [-0.4, -0.2) is 143 Å². The largest absolute Gasteiger partial charge is 0.508 e. The molecule has 3 aliphatic rings. The number of likely N-dealkylation sites (N-methyl/N-ethyl adjacent to an activating group) is 2. The van der Waals surface area contributed by atoms with Crippen molar-refractivity contribution in [1.82, 2.24) is 40.4 Å².